The van der Waals surface area contributed by atoms with Crippen molar-refractivity contribution in [3.63, 3.8) is 0 Å². The van der Waals surface area contributed by atoms with Gasteiger partial charge in [0.2, 0.25) is 5.91 Å². The van der Waals surface area contributed by atoms with Crippen LogP contribution in [0.1, 0.15) is 17.5 Å². The van der Waals surface area contributed by atoms with Crippen LogP contribution in [0.4, 0.5) is 17.1 Å². The number of carbonyl (C=O) groups excluding carboxylic acids is 2. The molecule has 0 atom stereocenters. The zero-order chi connectivity index (χ0) is 25.5. The molecule has 0 aliphatic carbocycles. The molecule has 2 amide bonds. The lowest BCUT2D eigenvalue weighted by atomic mass is 10.2. The van der Waals surface area contributed by atoms with E-state index in [-0.39, 0.29) is 24.1 Å². The molecule has 0 saturated carbocycles. The van der Waals surface area contributed by atoms with Crippen molar-refractivity contribution >= 4 is 35.0 Å². The Bertz CT molecular complexity index is 1300. The second-order valence-corrected chi connectivity index (χ2v) is 8.21. The van der Waals surface area contributed by atoms with Gasteiger partial charge in [-0.2, -0.15) is 0 Å². The summed E-state index contributed by atoms with van der Waals surface area (Å²) in [5.74, 6) is 0.804. The highest BCUT2D eigenvalue weighted by atomic mass is 16.6. The van der Waals surface area contributed by atoms with E-state index in [2.05, 4.69) is 5.32 Å². The van der Waals surface area contributed by atoms with Gasteiger partial charge in [0, 0.05) is 30.4 Å². The lowest BCUT2D eigenvalue weighted by molar-refractivity contribution is -0.384. The number of nitrogens with one attached hydrogen (secondary N) is 1. The van der Waals surface area contributed by atoms with Gasteiger partial charge in [0.1, 0.15) is 11.5 Å². The van der Waals surface area contributed by atoms with Crippen molar-refractivity contribution in [3.05, 3.63) is 94.0 Å². The van der Waals surface area contributed by atoms with Gasteiger partial charge >= 0.3 is 0 Å². The van der Waals surface area contributed by atoms with E-state index in [0.29, 0.717) is 42.3 Å². The monoisotopic (exact) mass is 487 g/mol. The Kier molecular flexibility index (Phi) is 7.60. The van der Waals surface area contributed by atoms with E-state index in [0.717, 1.165) is 11.3 Å². The molecule has 0 radical (unpaired) electrons. The quantitative estimate of drug-likeness (QED) is 0.202. The Morgan fingerprint density at radius 1 is 1.17 bits per heavy atom. The van der Waals surface area contributed by atoms with Crippen LogP contribution in [-0.2, 0) is 9.59 Å². The van der Waals surface area contributed by atoms with Gasteiger partial charge in [0.15, 0.2) is 6.61 Å². The lowest BCUT2D eigenvalue weighted by Crippen LogP contribution is -2.39. The summed E-state index contributed by atoms with van der Waals surface area (Å²) in [6.45, 7) is 2.85. The van der Waals surface area contributed by atoms with Crippen molar-refractivity contribution in [2.45, 2.75) is 13.3 Å². The van der Waals surface area contributed by atoms with Crippen LogP contribution in [0.2, 0.25) is 0 Å². The first kappa shape index (κ1) is 24.5. The van der Waals surface area contributed by atoms with Crippen molar-refractivity contribution < 1.29 is 24.0 Å². The fourth-order valence-electron chi connectivity index (χ4n) is 3.71. The SMILES string of the molecule is Cc1cccc(OCCCN2C(=O)COc3ccc(NC(=O)/C=C/c4ccc([N+](=O)[O-])cc4)cc32)c1. The Balaban J connectivity index is 1.37. The molecular weight excluding hydrogens is 462 g/mol. The van der Waals surface area contributed by atoms with Crippen LogP contribution in [0.15, 0.2) is 72.8 Å². The number of carbonyl (C=O) groups is 2. The normalized spacial score (nSPS) is 12.7. The number of nitro benzene ring substituents is 1. The smallest absolute Gasteiger partial charge is 0.269 e. The number of ether oxygens (including phenoxy) is 2. The van der Waals surface area contributed by atoms with Gasteiger partial charge in [0.25, 0.3) is 11.6 Å². The maximum atomic E-state index is 12.5. The first-order valence-electron chi connectivity index (χ1n) is 11.4. The number of nitro groups is 1. The molecule has 1 heterocycles. The largest absolute Gasteiger partial charge is 0.494 e. The summed E-state index contributed by atoms with van der Waals surface area (Å²) in [5.41, 5.74) is 2.83. The van der Waals surface area contributed by atoms with Crippen LogP contribution in [0.25, 0.3) is 6.08 Å². The fourth-order valence-corrected chi connectivity index (χ4v) is 3.71. The van der Waals surface area contributed by atoms with Gasteiger partial charge < -0.3 is 19.7 Å². The van der Waals surface area contributed by atoms with E-state index in [4.69, 9.17) is 9.47 Å². The molecular formula is C27H25N3O6. The molecule has 9 heteroatoms. The Morgan fingerprint density at radius 3 is 2.72 bits per heavy atom. The number of nitrogens with zero attached hydrogens (tertiary/aromatic N) is 2. The highest BCUT2D eigenvalue weighted by molar-refractivity contribution is 6.03. The van der Waals surface area contributed by atoms with E-state index >= 15 is 0 Å². The number of non-ortho nitro benzene ring substituents is 1. The summed E-state index contributed by atoms with van der Waals surface area (Å²) < 4.78 is 11.3. The first-order chi connectivity index (χ1) is 17.4. The van der Waals surface area contributed by atoms with Crippen LogP contribution < -0.4 is 19.7 Å². The molecule has 184 valence electrons. The Hall–Kier alpha value is -4.66. The molecule has 0 aromatic heterocycles. The summed E-state index contributed by atoms with van der Waals surface area (Å²) >= 11 is 0. The number of rotatable bonds is 9. The molecule has 36 heavy (non-hydrogen) atoms. The van der Waals surface area contributed by atoms with Crippen LogP contribution in [-0.4, -0.2) is 36.5 Å². The summed E-state index contributed by atoms with van der Waals surface area (Å²) in [7, 11) is 0. The number of benzene rings is 3. The third-order valence-corrected chi connectivity index (χ3v) is 5.48. The maximum Gasteiger partial charge on any atom is 0.269 e. The summed E-state index contributed by atoms with van der Waals surface area (Å²) in [5, 5.41) is 13.5. The van der Waals surface area contributed by atoms with Crippen molar-refractivity contribution in [2.24, 2.45) is 0 Å². The average Bonchev–Trinajstić information content (AvgIpc) is 2.86. The average molecular weight is 488 g/mol. The molecule has 0 unspecified atom stereocenters. The second kappa shape index (κ2) is 11.2. The van der Waals surface area contributed by atoms with Gasteiger partial charge in [-0.15, -0.1) is 0 Å². The van der Waals surface area contributed by atoms with E-state index in [1.807, 2.05) is 31.2 Å². The summed E-state index contributed by atoms with van der Waals surface area (Å²) in [4.78, 5) is 36.9. The minimum absolute atomic E-state index is 0.0197. The molecule has 3 aromatic carbocycles. The zero-order valence-electron chi connectivity index (χ0n) is 19.7. The Morgan fingerprint density at radius 2 is 1.97 bits per heavy atom. The van der Waals surface area contributed by atoms with E-state index in [9.17, 15) is 19.7 Å². The highest BCUT2D eigenvalue weighted by Crippen LogP contribution is 2.34. The van der Waals surface area contributed by atoms with Crippen LogP contribution in [0.3, 0.4) is 0 Å². The van der Waals surface area contributed by atoms with Crippen molar-refractivity contribution in [2.75, 3.05) is 30.0 Å². The number of amides is 2. The predicted molar refractivity (Wildman–Crippen MR) is 136 cm³/mol. The molecule has 1 N–H and O–H groups in total. The molecule has 4 rings (SSSR count). The molecule has 0 saturated heterocycles. The van der Waals surface area contributed by atoms with Crippen LogP contribution >= 0.6 is 0 Å². The van der Waals surface area contributed by atoms with Crippen molar-refractivity contribution in [1.82, 2.24) is 0 Å². The van der Waals surface area contributed by atoms with Crippen LogP contribution in [0.5, 0.6) is 11.5 Å². The molecule has 0 fully saturated rings. The van der Waals surface area contributed by atoms with E-state index in [1.165, 1.54) is 18.2 Å². The number of fused-ring (bicyclic) bond motifs is 1. The van der Waals surface area contributed by atoms with Crippen molar-refractivity contribution in [3.8, 4) is 11.5 Å². The summed E-state index contributed by atoms with van der Waals surface area (Å²) in [6, 6.07) is 18.8. The number of aryl methyl sites for hydroxylation is 1. The van der Waals surface area contributed by atoms with Gasteiger partial charge in [0.05, 0.1) is 17.2 Å². The molecule has 1 aliphatic heterocycles. The predicted octanol–water partition coefficient (Wildman–Crippen LogP) is 4.75. The fraction of sp³-hybridized carbons (Fsp3) is 0.185. The third-order valence-electron chi connectivity index (χ3n) is 5.48. The topological polar surface area (TPSA) is 111 Å². The molecule has 3 aromatic rings. The standard InChI is InChI=1S/C27H25N3O6/c1-19-4-2-5-23(16-19)35-15-3-14-29-24-17-21(9-12-25(24)36-18-27(29)32)28-26(31)13-8-20-6-10-22(11-7-20)30(33)34/h2,4-13,16-17H,3,14-15,18H2,1H3,(H,28,31)/b13-8+. The van der Waals surface area contributed by atoms with Crippen LogP contribution in [0, 0.1) is 17.0 Å². The minimum atomic E-state index is -0.481. The Labute approximate surface area is 208 Å². The number of hydrogen-bond donors (Lipinski definition) is 1. The molecule has 0 bridgehead atoms. The maximum absolute atomic E-state index is 12.5. The lowest BCUT2D eigenvalue weighted by Gasteiger charge is -2.29. The minimum Gasteiger partial charge on any atom is -0.494 e. The van der Waals surface area contributed by atoms with E-state index < -0.39 is 4.92 Å². The number of anilines is 2. The number of hydrogen-bond acceptors (Lipinski definition) is 6. The van der Waals surface area contributed by atoms with E-state index in [1.54, 1.807) is 41.3 Å². The molecule has 1 aliphatic rings. The molecule has 9 nitrogen and oxygen atoms in total. The third kappa shape index (κ3) is 6.26. The second-order valence-electron chi connectivity index (χ2n) is 8.21. The van der Waals surface area contributed by atoms with Gasteiger partial charge in [-0.05, 0) is 73.0 Å². The summed E-state index contributed by atoms with van der Waals surface area (Å²) in [6.07, 6.45) is 3.51. The molecule has 0 spiro atoms. The van der Waals surface area contributed by atoms with Gasteiger partial charge in [-0.3, -0.25) is 19.7 Å². The van der Waals surface area contributed by atoms with Gasteiger partial charge in [-0.1, -0.05) is 12.1 Å². The zero-order valence-corrected chi connectivity index (χ0v) is 19.7. The van der Waals surface area contributed by atoms with Gasteiger partial charge in [-0.25, -0.2) is 0 Å². The first-order valence-corrected chi connectivity index (χ1v) is 11.4. The highest BCUT2D eigenvalue weighted by Gasteiger charge is 2.25. The van der Waals surface area contributed by atoms with Crippen molar-refractivity contribution in [1.29, 1.82) is 0 Å².